The van der Waals surface area contributed by atoms with E-state index in [-0.39, 0.29) is 18.9 Å². The number of nitrogens with two attached hydrogens (primary N) is 1. The third-order valence-electron chi connectivity index (χ3n) is 6.34. The first kappa shape index (κ1) is 19.8. The second-order valence-electron chi connectivity index (χ2n) is 8.25. The molecule has 7 heteroatoms. The summed E-state index contributed by atoms with van der Waals surface area (Å²) in [5.41, 5.74) is 10.3. The minimum Gasteiger partial charge on any atom is -0.338 e. The number of rotatable bonds is 3. The van der Waals surface area contributed by atoms with Gasteiger partial charge in [0.2, 0.25) is 0 Å². The number of alkyl halides is 1. The fourth-order valence-corrected chi connectivity index (χ4v) is 4.62. The molecule has 1 aliphatic heterocycles. The van der Waals surface area contributed by atoms with Gasteiger partial charge in [-0.25, -0.2) is 9.37 Å². The molecule has 31 heavy (non-hydrogen) atoms. The van der Waals surface area contributed by atoms with Gasteiger partial charge in [0.15, 0.2) is 5.82 Å². The number of nitrogens with zero attached hydrogens (tertiary/aromatic N) is 4. The molecular weight excluding hydrogens is 393 g/mol. The highest BCUT2D eigenvalue weighted by Crippen LogP contribution is 2.30. The second-order valence-corrected chi connectivity index (χ2v) is 8.25. The summed E-state index contributed by atoms with van der Waals surface area (Å²) in [6, 6.07) is 15.4. The molecule has 160 valence electrons. The number of likely N-dealkylation sites (tertiary alicyclic amines) is 1. The van der Waals surface area contributed by atoms with Gasteiger partial charge in [0, 0.05) is 43.1 Å². The summed E-state index contributed by atoms with van der Waals surface area (Å²) in [6.07, 6.45) is -0.764. The van der Waals surface area contributed by atoms with Gasteiger partial charge in [0.1, 0.15) is 6.17 Å². The van der Waals surface area contributed by atoms with Crippen molar-refractivity contribution in [2.45, 2.75) is 32.1 Å². The van der Waals surface area contributed by atoms with Gasteiger partial charge in [-0.1, -0.05) is 18.2 Å². The molecule has 2 N–H and O–H groups in total. The molecule has 6 nitrogen and oxygen atoms in total. The Balaban J connectivity index is 1.54. The molecule has 0 bridgehead atoms. The van der Waals surface area contributed by atoms with E-state index in [0.717, 1.165) is 29.1 Å². The zero-order chi connectivity index (χ0) is 21.7. The van der Waals surface area contributed by atoms with E-state index < -0.39 is 12.2 Å². The monoisotopic (exact) mass is 419 g/mol. The number of aryl methyl sites for hydroxylation is 2. The number of piperidine rings is 1. The standard InChI is InChI=1S/C24H26FN5O/c1-3-30-20-7-5-4-6-15(20)13-22(30)23-27-19-12-16(8-9-21(19)28(23)2)24(31)29-11-10-17(25)18(26)14-29/h4-9,12-13,17-18H,3,10-11,14,26H2,1-2H3/t17-,18+/m1/s1. The van der Waals surface area contributed by atoms with Gasteiger partial charge >= 0.3 is 0 Å². The molecule has 3 heterocycles. The lowest BCUT2D eigenvalue weighted by molar-refractivity contribution is 0.0630. The number of halogens is 1. The molecule has 0 radical (unpaired) electrons. The number of carbonyl (C=O) groups is 1. The Labute approximate surface area is 180 Å². The van der Waals surface area contributed by atoms with Crippen molar-refractivity contribution >= 4 is 27.8 Å². The van der Waals surface area contributed by atoms with Gasteiger partial charge in [0.25, 0.3) is 5.91 Å². The minimum absolute atomic E-state index is 0.126. The van der Waals surface area contributed by atoms with Crippen LogP contribution in [0.1, 0.15) is 23.7 Å². The lowest BCUT2D eigenvalue weighted by Gasteiger charge is -2.33. The van der Waals surface area contributed by atoms with E-state index in [1.54, 1.807) is 4.90 Å². The normalized spacial score (nSPS) is 19.4. The Morgan fingerprint density at radius 3 is 2.77 bits per heavy atom. The minimum atomic E-state index is -1.05. The highest BCUT2D eigenvalue weighted by atomic mass is 19.1. The zero-order valence-corrected chi connectivity index (χ0v) is 17.8. The number of hydrogen-bond donors (Lipinski definition) is 1. The first-order valence-electron chi connectivity index (χ1n) is 10.7. The average molecular weight is 420 g/mol. The van der Waals surface area contributed by atoms with Crippen molar-refractivity contribution in [2.75, 3.05) is 13.1 Å². The molecule has 0 aliphatic carbocycles. The topological polar surface area (TPSA) is 69.1 Å². The molecule has 1 amide bonds. The maximum atomic E-state index is 13.7. The van der Waals surface area contributed by atoms with E-state index in [9.17, 15) is 9.18 Å². The molecular formula is C24H26FN5O. The number of imidazole rings is 1. The first-order chi connectivity index (χ1) is 15.0. The third kappa shape index (κ3) is 3.20. The van der Waals surface area contributed by atoms with Crippen LogP contribution >= 0.6 is 0 Å². The molecule has 0 unspecified atom stereocenters. The smallest absolute Gasteiger partial charge is 0.253 e. The molecule has 5 rings (SSSR count). The number of fused-ring (bicyclic) bond motifs is 2. The molecule has 2 aromatic carbocycles. The van der Waals surface area contributed by atoms with Crippen LogP contribution in [-0.4, -0.2) is 50.2 Å². The van der Waals surface area contributed by atoms with Gasteiger partial charge in [0.05, 0.1) is 22.8 Å². The summed E-state index contributed by atoms with van der Waals surface area (Å²) in [4.78, 5) is 19.5. The van der Waals surface area contributed by atoms with Crippen molar-refractivity contribution in [3.05, 3.63) is 54.1 Å². The van der Waals surface area contributed by atoms with Crippen LogP contribution in [0.4, 0.5) is 4.39 Å². The van der Waals surface area contributed by atoms with Crippen LogP contribution in [0, 0.1) is 0 Å². The van der Waals surface area contributed by atoms with Crippen molar-refractivity contribution in [3.8, 4) is 11.5 Å². The Bertz CT molecular complexity index is 1290. The van der Waals surface area contributed by atoms with Crippen LogP contribution in [0.15, 0.2) is 48.5 Å². The SMILES string of the molecule is CCn1c(-c2nc3cc(C(=O)N4CC[C@@H](F)[C@@H](N)C4)ccc3n2C)cc2ccccc21. The highest BCUT2D eigenvalue weighted by molar-refractivity contribution is 5.98. The predicted octanol–water partition coefficient (Wildman–Crippen LogP) is 3.73. The molecule has 0 spiro atoms. The van der Waals surface area contributed by atoms with Crippen LogP contribution in [0.25, 0.3) is 33.5 Å². The van der Waals surface area contributed by atoms with Crippen molar-refractivity contribution in [3.63, 3.8) is 0 Å². The quantitative estimate of drug-likeness (QED) is 0.550. The maximum Gasteiger partial charge on any atom is 0.253 e. The molecule has 4 aromatic rings. The largest absolute Gasteiger partial charge is 0.338 e. The second kappa shape index (κ2) is 7.50. The molecule has 0 saturated carbocycles. The Hall–Kier alpha value is -3.19. The average Bonchev–Trinajstić information content (AvgIpc) is 3.32. The Morgan fingerprint density at radius 2 is 2.00 bits per heavy atom. The summed E-state index contributed by atoms with van der Waals surface area (Å²) < 4.78 is 18.0. The van der Waals surface area contributed by atoms with Gasteiger partial charge in [-0.3, -0.25) is 4.79 Å². The summed E-state index contributed by atoms with van der Waals surface area (Å²) in [6.45, 7) is 3.58. The van der Waals surface area contributed by atoms with Gasteiger partial charge in [-0.05, 0) is 43.7 Å². The number of amides is 1. The van der Waals surface area contributed by atoms with Crippen LogP contribution in [0.3, 0.4) is 0 Å². The van der Waals surface area contributed by atoms with E-state index in [4.69, 9.17) is 10.7 Å². The molecule has 2 atom stereocenters. The van der Waals surface area contributed by atoms with Crippen molar-refractivity contribution < 1.29 is 9.18 Å². The van der Waals surface area contributed by atoms with Gasteiger partial charge < -0.3 is 19.8 Å². The molecule has 1 saturated heterocycles. The molecule has 1 aliphatic rings. The highest BCUT2D eigenvalue weighted by Gasteiger charge is 2.29. The third-order valence-corrected chi connectivity index (χ3v) is 6.34. The van der Waals surface area contributed by atoms with E-state index in [0.29, 0.717) is 12.1 Å². The number of hydrogen-bond acceptors (Lipinski definition) is 3. The summed E-state index contributed by atoms with van der Waals surface area (Å²) in [7, 11) is 1.99. The summed E-state index contributed by atoms with van der Waals surface area (Å²) in [5.74, 6) is 0.733. The van der Waals surface area contributed by atoms with Crippen molar-refractivity contribution in [2.24, 2.45) is 12.8 Å². The Morgan fingerprint density at radius 1 is 1.19 bits per heavy atom. The van der Waals surface area contributed by atoms with Gasteiger partial charge in [-0.15, -0.1) is 0 Å². The predicted molar refractivity (Wildman–Crippen MR) is 121 cm³/mol. The number of para-hydroxylation sites is 1. The van der Waals surface area contributed by atoms with E-state index in [1.165, 1.54) is 10.9 Å². The summed E-state index contributed by atoms with van der Waals surface area (Å²) >= 11 is 0. The van der Waals surface area contributed by atoms with E-state index >= 15 is 0 Å². The van der Waals surface area contributed by atoms with Crippen molar-refractivity contribution in [1.29, 1.82) is 0 Å². The summed E-state index contributed by atoms with van der Waals surface area (Å²) in [5, 5.41) is 1.18. The lowest BCUT2D eigenvalue weighted by atomic mass is 10.0. The lowest BCUT2D eigenvalue weighted by Crippen LogP contribution is -2.51. The van der Waals surface area contributed by atoms with Crippen molar-refractivity contribution in [1.82, 2.24) is 19.0 Å². The van der Waals surface area contributed by atoms with Crippen LogP contribution in [-0.2, 0) is 13.6 Å². The van der Waals surface area contributed by atoms with E-state index in [2.05, 4.69) is 34.3 Å². The first-order valence-corrected chi connectivity index (χ1v) is 10.7. The maximum absolute atomic E-state index is 13.7. The fraction of sp³-hybridized carbons (Fsp3) is 0.333. The van der Waals surface area contributed by atoms with Crippen LogP contribution < -0.4 is 5.73 Å². The molecule has 1 fully saturated rings. The van der Waals surface area contributed by atoms with Crippen LogP contribution in [0.2, 0.25) is 0 Å². The molecule has 2 aromatic heterocycles. The van der Waals surface area contributed by atoms with Gasteiger partial charge in [-0.2, -0.15) is 0 Å². The zero-order valence-electron chi connectivity index (χ0n) is 17.8. The Kier molecular flexibility index (Phi) is 4.78. The van der Waals surface area contributed by atoms with Crippen LogP contribution in [0.5, 0.6) is 0 Å². The fourth-order valence-electron chi connectivity index (χ4n) is 4.62. The number of aromatic nitrogens is 3. The van der Waals surface area contributed by atoms with E-state index in [1.807, 2.05) is 37.4 Å². The number of benzene rings is 2. The number of carbonyl (C=O) groups excluding carboxylic acids is 1.